The second kappa shape index (κ2) is 69.3. The first-order valence-electron chi connectivity index (χ1n) is 39.8. The average molecular weight is 1420 g/mol. The molecule has 0 saturated carbocycles. The Morgan fingerprint density at radius 1 is 0.320 bits per heavy atom. The van der Waals surface area contributed by atoms with Gasteiger partial charge in [-0.2, -0.15) is 0 Å². The van der Waals surface area contributed by atoms with Crippen LogP contribution < -0.4 is 0 Å². The maximum Gasteiger partial charge on any atom is 0.472 e. The molecule has 2 unspecified atom stereocenters. The van der Waals surface area contributed by atoms with Gasteiger partial charge in [-0.3, -0.25) is 37.3 Å². The number of esters is 4. The Balaban J connectivity index is 5.27. The number of unbranched alkanes of at least 4 members (excludes halogenated alkanes) is 42. The molecular formula is C78H148O17P2. The topological polar surface area (TPSA) is 237 Å². The van der Waals surface area contributed by atoms with Crippen molar-refractivity contribution in [3.8, 4) is 0 Å². The van der Waals surface area contributed by atoms with E-state index >= 15 is 0 Å². The van der Waals surface area contributed by atoms with E-state index in [0.717, 1.165) is 121 Å². The van der Waals surface area contributed by atoms with E-state index < -0.39 is 97.5 Å². The van der Waals surface area contributed by atoms with Gasteiger partial charge in [0, 0.05) is 25.7 Å². The van der Waals surface area contributed by atoms with Crippen LogP contribution >= 0.6 is 15.6 Å². The summed E-state index contributed by atoms with van der Waals surface area (Å²) in [7, 11) is -9.92. The monoisotopic (exact) mass is 1420 g/mol. The molecule has 17 nitrogen and oxygen atoms in total. The van der Waals surface area contributed by atoms with Crippen LogP contribution in [0.5, 0.6) is 0 Å². The molecule has 0 aromatic carbocycles. The summed E-state index contributed by atoms with van der Waals surface area (Å²) in [4.78, 5) is 72.9. The summed E-state index contributed by atoms with van der Waals surface area (Å²) < 4.78 is 68.5. The van der Waals surface area contributed by atoms with Gasteiger partial charge in [0.15, 0.2) is 12.2 Å². The van der Waals surface area contributed by atoms with Crippen LogP contribution in [-0.4, -0.2) is 96.7 Å². The fourth-order valence-corrected chi connectivity index (χ4v) is 13.0. The van der Waals surface area contributed by atoms with E-state index in [1.807, 2.05) is 0 Å². The molecule has 0 aromatic heterocycles. The number of aliphatic hydroxyl groups is 1. The van der Waals surface area contributed by atoms with Crippen LogP contribution in [-0.2, 0) is 65.4 Å². The average Bonchev–Trinajstić information content (AvgIpc) is 1.01. The van der Waals surface area contributed by atoms with Gasteiger partial charge in [0.05, 0.1) is 26.4 Å². The van der Waals surface area contributed by atoms with Gasteiger partial charge in [-0.15, -0.1) is 0 Å². The van der Waals surface area contributed by atoms with Gasteiger partial charge in [-0.1, -0.05) is 329 Å². The first-order chi connectivity index (χ1) is 46.9. The second-order valence-corrected chi connectivity index (χ2v) is 31.3. The molecule has 0 saturated heterocycles. The minimum Gasteiger partial charge on any atom is -0.462 e. The molecule has 0 aliphatic heterocycles. The number of aliphatic hydroxyl groups excluding tert-OH is 1. The van der Waals surface area contributed by atoms with Crippen LogP contribution in [0.15, 0.2) is 24.3 Å². The molecular weight excluding hydrogens is 1270 g/mol. The maximum atomic E-state index is 13.1. The SMILES string of the molecule is CCCCCC/C=C\C=C/CCCCCCCC(=O)OC[C@H](COP(=O)(O)OC[C@@H](O)COP(=O)(O)OC[C@@H](COC(=O)CCCCCCCCCCCCC)OC(=O)CCCCCCCCCCCC(C)C)OC(=O)CCCCCCCCCCCCCCCCCCC(C)C. The van der Waals surface area contributed by atoms with Gasteiger partial charge < -0.3 is 33.8 Å². The van der Waals surface area contributed by atoms with Crippen molar-refractivity contribution in [2.24, 2.45) is 11.8 Å². The number of carbonyl (C=O) groups excluding carboxylic acids is 4. The van der Waals surface area contributed by atoms with E-state index in [-0.39, 0.29) is 25.7 Å². The Morgan fingerprint density at radius 3 is 0.845 bits per heavy atom. The highest BCUT2D eigenvalue weighted by Crippen LogP contribution is 2.45. The number of carbonyl (C=O) groups is 4. The van der Waals surface area contributed by atoms with Gasteiger partial charge in [0.25, 0.3) is 0 Å². The zero-order chi connectivity index (χ0) is 71.4. The van der Waals surface area contributed by atoms with Crippen LogP contribution in [0.3, 0.4) is 0 Å². The third-order valence-corrected chi connectivity index (χ3v) is 19.5. The molecule has 0 spiro atoms. The number of phosphoric acid groups is 2. The Labute approximate surface area is 592 Å². The Kier molecular flexibility index (Phi) is 67.5. The maximum absolute atomic E-state index is 13.1. The smallest absolute Gasteiger partial charge is 0.462 e. The van der Waals surface area contributed by atoms with Crippen LogP contribution in [0.2, 0.25) is 0 Å². The normalized spacial score (nSPS) is 14.1. The largest absolute Gasteiger partial charge is 0.472 e. The van der Waals surface area contributed by atoms with Gasteiger partial charge in [0.1, 0.15) is 19.3 Å². The quantitative estimate of drug-likeness (QED) is 0.0169. The van der Waals surface area contributed by atoms with Crippen molar-refractivity contribution in [1.29, 1.82) is 0 Å². The molecule has 0 aliphatic rings. The molecule has 97 heavy (non-hydrogen) atoms. The van der Waals surface area contributed by atoms with Crippen molar-refractivity contribution in [3.05, 3.63) is 24.3 Å². The Morgan fingerprint density at radius 2 is 0.557 bits per heavy atom. The highest BCUT2D eigenvalue weighted by molar-refractivity contribution is 7.47. The first-order valence-corrected chi connectivity index (χ1v) is 42.8. The molecule has 0 bridgehead atoms. The van der Waals surface area contributed by atoms with Crippen LogP contribution in [0.1, 0.15) is 382 Å². The summed E-state index contributed by atoms with van der Waals surface area (Å²) >= 11 is 0. The molecule has 0 amide bonds. The predicted molar refractivity (Wildman–Crippen MR) is 395 cm³/mol. The number of phosphoric ester groups is 2. The van der Waals surface area contributed by atoms with Crippen molar-refractivity contribution in [2.45, 2.75) is 400 Å². The Bertz CT molecular complexity index is 1970. The summed E-state index contributed by atoms with van der Waals surface area (Å²) in [5, 5.41) is 10.6. The molecule has 0 heterocycles. The summed E-state index contributed by atoms with van der Waals surface area (Å²) in [5.74, 6) is -0.601. The molecule has 0 fully saturated rings. The number of ether oxygens (including phenoxy) is 4. The van der Waals surface area contributed by atoms with Crippen LogP contribution in [0.4, 0.5) is 0 Å². The van der Waals surface area contributed by atoms with E-state index in [2.05, 4.69) is 65.8 Å². The zero-order valence-corrected chi connectivity index (χ0v) is 64.7. The molecule has 0 rings (SSSR count). The van der Waals surface area contributed by atoms with Crippen molar-refractivity contribution in [1.82, 2.24) is 0 Å². The third-order valence-electron chi connectivity index (χ3n) is 17.6. The number of allylic oxidation sites excluding steroid dienone is 4. The molecule has 0 aromatic rings. The van der Waals surface area contributed by atoms with E-state index in [0.29, 0.717) is 25.7 Å². The molecule has 0 aliphatic carbocycles. The van der Waals surface area contributed by atoms with E-state index in [9.17, 15) is 43.2 Å². The van der Waals surface area contributed by atoms with Gasteiger partial charge >= 0.3 is 39.5 Å². The lowest BCUT2D eigenvalue weighted by Crippen LogP contribution is -2.30. The number of rotatable bonds is 75. The second-order valence-electron chi connectivity index (χ2n) is 28.4. The van der Waals surface area contributed by atoms with Crippen molar-refractivity contribution in [3.63, 3.8) is 0 Å². The van der Waals surface area contributed by atoms with Crippen molar-refractivity contribution in [2.75, 3.05) is 39.6 Å². The van der Waals surface area contributed by atoms with Gasteiger partial charge in [0.2, 0.25) is 0 Å². The molecule has 572 valence electrons. The van der Waals surface area contributed by atoms with Crippen LogP contribution in [0.25, 0.3) is 0 Å². The zero-order valence-electron chi connectivity index (χ0n) is 62.9. The van der Waals surface area contributed by atoms with Crippen LogP contribution in [0, 0.1) is 11.8 Å². The molecule has 5 atom stereocenters. The van der Waals surface area contributed by atoms with Gasteiger partial charge in [-0.25, -0.2) is 9.13 Å². The fourth-order valence-electron chi connectivity index (χ4n) is 11.5. The summed E-state index contributed by atoms with van der Waals surface area (Å²) in [6.07, 6.45) is 60.4. The number of hydrogen-bond donors (Lipinski definition) is 3. The van der Waals surface area contributed by atoms with E-state index in [1.54, 1.807) is 0 Å². The third kappa shape index (κ3) is 71.7. The summed E-state index contributed by atoms with van der Waals surface area (Å²) in [5.41, 5.74) is 0. The summed E-state index contributed by atoms with van der Waals surface area (Å²) in [6, 6.07) is 0. The minimum atomic E-state index is -4.97. The predicted octanol–water partition coefficient (Wildman–Crippen LogP) is 22.7. The first kappa shape index (κ1) is 94.5. The minimum absolute atomic E-state index is 0.101. The Hall–Kier alpha value is -2.46. The van der Waals surface area contributed by atoms with Crippen molar-refractivity contribution < 1.29 is 80.2 Å². The lowest BCUT2D eigenvalue weighted by molar-refractivity contribution is -0.161. The lowest BCUT2D eigenvalue weighted by Gasteiger charge is -2.21. The number of hydrogen-bond acceptors (Lipinski definition) is 15. The van der Waals surface area contributed by atoms with E-state index in [1.165, 1.54) is 180 Å². The standard InChI is InChI=1S/C78H148O17P2/c1-7-9-11-13-15-17-19-20-23-27-31-37-43-49-55-61-76(81)89-66-73(94-77(82)62-56-50-44-38-32-28-25-22-21-24-26-30-34-40-46-52-58-70(3)4)68-92-96(84,85)90-64-72(79)65-91-97(86,87)93-69-74(67-88-75(80)60-54-48-42-36-29-18-16-14-12-10-8-2)95-78(83)63-57-51-45-39-33-35-41-47-53-59-71(5)6/h17,19-20,23,70-74,79H,7-16,18,21-22,24-69H2,1-6H3,(H,84,85)(H,86,87)/b19-17-,23-20-/t72-,73-,74-/m1/s1. The lowest BCUT2D eigenvalue weighted by atomic mass is 10.0. The van der Waals surface area contributed by atoms with E-state index in [4.69, 9.17) is 37.0 Å². The molecule has 3 N–H and O–H groups in total. The molecule has 0 radical (unpaired) electrons. The highest BCUT2D eigenvalue weighted by Gasteiger charge is 2.30. The summed E-state index contributed by atoms with van der Waals surface area (Å²) in [6.45, 7) is 9.54. The molecule has 19 heteroatoms. The fraction of sp³-hybridized carbons (Fsp3) is 0.897. The van der Waals surface area contributed by atoms with Gasteiger partial charge in [-0.05, 0) is 63.2 Å². The van der Waals surface area contributed by atoms with Crippen molar-refractivity contribution >= 4 is 39.5 Å². The highest BCUT2D eigenvalue weighted by atomic mass is 31.2.